The molecule has 2 aromatic rings. The van der Waals surface area contributed by atoms with Crippen molar-refractivity contribution in [3.63, 3.8) is 0 Å². The van der Waals surface area contributed by atoms with Gasteiger partial charge in [-0.1, -0.05) is 23.9 Å². The largest absolute Gasteiger partial charge is 0.497 e. The summed E-state index contributed by atoms with van der Waals surface area (Å²) in [6.07, 6.45) is 8.16. The standard InChI is InChI=1S/C15H17N3OS/c1-19-12-9-7-11(8-10-12)14-16-15(18-17-14)20-13-5-3-2-4-6-13/h3,5,7-10,13H,2,4,6H2,1H3,(H,16,17,18). The van der Waals surface area contributed by atoms with Crippen LogP contribution in [0.15, 0.2) is 41.6 Å². The molecule has 4 nitrogen and oxygen atoms in total. The van der Waals surface area contributed by atoms with Gasteiger partial charge in [0.1, 0.15) is 5.75 Å². The molecular formula is C15H17N3OS. The number of methoxy groups -OCH3 is 1. The number of nitrogens with one attached hydrogen (secondary N) is 1. The van der Waals surface area contributed by atoms with Crippen molar-refractivity contribution < 1.29 is 4.74 Å². The quantitative estimate of drug-likeness (QED) is 0.871. The van der Waals surface area contributed by atoms with E-state index in [1.165, 1.54) is 19.3 Å². The number of thioether (sulfide) groups is 1. The van der Waals surface area contributed by atoms with Crippen molar-refractivity contribution in [3.8, 4) is 17.1 Å². The van der Waals surface area contributed by atoms with E-state index in [0.717, 1.165) is 22.3 Å². The summed E-state index contributed by atoms with van der Waals surface area (Å²) in [5.41, 5.74) is 1.02. The van der Waals surface area contributed by atoms with Crippen LogP contribution in [0.1, 0.15) is 19.3 Å². The molecule has 0 spiro atoms. The number of H-pyrrole nitrogens is 1. The van der Waals surface area contributed by atoms with Gasteiger partial charge in [-0.3, -0.25) is 5.10 Å². The Labute approximate surface area is 122 Å². The van der Waals surface area contributed by atoms with E-state index < -0.39 is 0 Å². The Bertz CT molecular complexity index is 591. The van der Waals surface area contributed by atoms with E-state index in [4.69, 9.17) is 4.74 Å². The first-order valence-corrected chi connectivity index (χ1v) is 7.63. The van der Waals surface area contributed by atoms with Crippen molar-refractivity contribution in [2.45, 2.75) is 29.7 Å². The number of hydrogen-bond donors (Lipinski definition) is 1. The van der Waals surface area contributed by atoms with Gasteiger partial charge in [0.2, 0.25) is 5.16 Å². The zero-order valence-corrected chi connectivity index (χ0v) is 12.2. The number of allylic oxidation sites excluding steroid dienone is 1. The van der Waals surface area contributed by atoms with Crippen molar-refractivity contribution in [1.82, 2.24) is 15.2 Å². The first kappa shape index (κ1) is 13.2. The SMILES string of the molecule is COc1ccc(-c2nc(SC3C=CCCC3)n[nH]2)cc1. The summed E-state index contributed by atoms with van der Waals surface area (Å²) < 4.78 is 5.15. The monoisotopic (exact) mass is 287 g/mol. The Morgan fingerprint density at radius 3 is 2.85 bits per heavy atom. The van der Waals surface area contributed by atoms with Gasteiger partial charge in [0, 0.05) is 10.8 Å². The van der Waals surface area contributed by atoms with Crippen LogP contribution in [-0.2, 0) is 0 Å². The second-order valence-electron chi connectivity index (χ2n) is 4.71. The summed E-state index contributed by atoms with van der Waals surface area (Å²) in [5.74, 6) is 1.64. The molecule has 0 fully saturated rings. The van der Waals surface area contributed by atoms with Gasteiger partial charge in [-0.05, 0) is 43.5 Å². The molecule has 1 aliphatic rings. The number of hydrogen-bond acceptors (Lipinski definition) is 4. The molecule has 1 aromatic heterocycles. The van der Waals surface area contributed by atoms with E-state index in [1.54, 1.807) is 18.9 Å². The van der Waals surface area contributed by atoms with Crippen LogP contribution < -0.4 is 4.74 Å². The Morgan fingerprint density at radius 1 is 1.30 bits per heavy atom. The minimum Gasteiger partial charge on any atom is -0.497 e. The zero-order valence-electron chi connectivity index (χ0n) is 11.4. The molecule has 20 heavy (non-hydrogen) atoms. The molecule has 0 amide bonds. The molecule has 104 valence electrons. The molecule has 0 radical (unpaired) electrons. The summed E-state index contributed by atoms with van der Waals surface area (Å²) >= 11 is 1.72. The highest BCUT2D eigenvalue weighted by Crippen LogP contribution is 2.29. The van der Waals surface area contributed by atoms with Crippen LogP contribution in [0.25, 0.3) is 11.4 Å². The first-order chi connectivity index (χ1) is 9.85. The Kier molecular flexibility index (Phi) is 4.06. The maximum atomic E-state index is 5.15. The summed E-state index contributed by atoms with van der Waals surface area (Å²) in [6.45, 7) is 0. The lowest BCUT2D eigenvalue weighted by Crippen LogP contribution is -2.02. The van der Waals surface area contributed by atoms with Gasteiger partial charge in [0.15, 0.2) is 5.82 Å². The molecule has 1 atom stereocenters. The molecule has 1 aromatic carbocycles. The molecule has 0 saturated carbocycles. The highest BCUT2D eigenvalue weighted by molar-refractivity contribution is 7.99. The lowest BCUT2D eigenvalue weighted by Gasteiger charge is -2.12. The molecule has 1 heterocycles. The molecule has 0 aliphatic heterocycles. The van der Waals surface area contributed by atoms with Gasteiger partial charge >= 0.3 is 0 Å². The van der Waals surface area contributed by atoms with E-state index >= 15 is 0 Å². The smallest absolute Gasteiger partial charge is 0.209 e. The van der Waals surface area contributed by atoms with Crippen LogP contribution in [0, 0.1) is 0 Å². The lowest BCUT2D eigenvalue weighted by molar-refractivity contribution is 0.415. The molecule has 5 heteroatoms. The fourth-order valence-electron chi connectivity index (χ4n) is 2.19. The van der Waals surface area contributed by atoms with Gasteiger partial charge < -0.3 is 4.74 Å². The molecule has 0 saturated heterocycles. The predicted octanol–water partition coefficient (Wildman–Crippen LogP) is 3.68. The highest BCUT2D eigenvalue weighted by Gasteiger charge is 2.13. The zero-order chi connectivity index (χ0) is 13.8. The van der Waals surface area contributed by atoms with E-state index in [0.29, 0.717) is 5.25 Å². The summed E-state index contributed by atoms with van der Waals surface area (Å²) in [5, 5.41) is 8.61. The van der Waals surface area contributed by atoms with Gasteiger partial charge in [-0.2, -0.15) is 0 Å². The highest BCUT2D eigenvalue weighted by atomic mass is 32.2. The second-order valence-corrected chi connectivity index (χ2v) is 5.92. The minimum absolute atomic E-state index is 0.503. The fraction of sp³-hybridized carbons (Fsp3) is 0.333. The lowest BCUT2D eigenvalue weighted by atomic mass is 10.1. The van der Waals surface area contributed by atoms with Gasteiger partial charge in [-0.15, -0.1) is 5.10 Å². The van der Waals surface area contributed by atoms with E-state index in [1.807, 2.05) is 24.3 Å². The van der Waals surface area contributed by atoms with E-state index in [9.17, 15) is 0 Å². The Morgan fingerprint density at radius 2 is 2.15 bits per heavy atom. The third-order valence-electron chi connectivity index (χ3n) is 3.30. The van der Waals surface area contributed by atoms with Crippen molar-refractivity contribution in [3.05, 3.63) is 36.4 Å². The average molecular weight is 287 g/mol. The Hall–Kier alpha value is -1.75. The molecular weight excluding hydrogens is 270 g/mol. The van der Waals surface area contributed by atoms with Crippen LogP contribution >= 0.6 is 11.8 Å². The third kappa shape index (κ3) is 3.04. The maximum Gasteiger partial charge on any atom is 0.209 e. The van der Waals surface area contributed by atoms with E-state index in [-0.39, 0.29) is 0 Å². The molecule has 0 bridgehead atoms. The van der Waals surface area contributed by atoms with Crippen molar-refractivity contribution in [2.75, 3.05) is 7.11 Å². The molecule has 3 rings (SSSR count). The van der Waals surface area contributed by atoms with E-state index in [2.05, 4.69) is 27.3 Å². The number of nitrogens with zero attached hydrogens (tertiary/aromatic N) is 2. The number of benzene rings is 1. The summed E-state index contributed by atoms with van der Waals surface area (Å²) in [6, 6.07) is 7.81. The second kappa shape index (κ2) is 6.13. The predicted molar refractivity (Wildman–Crippen MR) is 81.0 cm³/mol. The van der Waals surface area contributed by atoms with Crippen LogP contribution in [0.2, 0.25) is 0 Å². The number of rotatable bonds is 4. The normalized spacial score (nSPS) is 18.1. The third-order valence-corrected chi connectivity index (χ3v) is 4.38. The average Bonchev–Trinajstić information content (AvgIpc) is 2.97. The minimum atomic E-state index is 0.503. The first-order valence-electron chi connectivity index (χ1n) is 6.75. The summed E-state index contributed by atoms with van der Waals surface area (Å²) in [4.78, 5) is 4.55. The fourth-order valence-corrected chi connectivity index (χ4v) is 3.18. The van der Waals surface area contributed by atoms with Crippen molar-refractivity contribution in [2.24, 2.45) is 0 Å². The number of aromatic nitrogens is 3. The van der Waals surface area contributed by atoms with Crippen molar-refractivity contribution >= 4 is 11.8 Å². The number of ether oxygens (including phenoxy) is 1. The maximum absolute atomic E-state index is 5.15. The molecule has 1 unspecified atom stereocenters. The van der Waals surface area contributed by atoms with Gasteiger partial charge in [0.25, 0.3) is 0 Å². The van der Waals surface area contributed by atoms with Crippen LogP contribution in [0.3, 0.4) is 0 Å². The van der Waals surface area contributed by atoms with Crippen LogP contribution in [0.4, 0.5) is 0 Å². The van der Waals surface area contributed by atoms with Gasteiger partial charge in [0.05, 0.1) is 7.11 Å². The Balaban J connectivity index is 1.72. The topological polar surface area (TPSA) is 50.8 Å². The molecule has 1 N–H and O–H groups in total. The summed E-state index contributed by atoms with van der Waals surface area (Å²) in [7, 11) is 1.66. The number of aromatic amines is 1. The van der Waals surface area contributed by atoms with Crippen molar-refractivity contribution in [1.29, 1.82) is 0 Å². The van der Waals surface area contributed by atoms with Crippen LogP contribution in [0.5, 0.6) is 5.75 Å². The molecule has 1 aliphatic carbocycles. The van der Waals surface area contributed by atoms with Gasteiger partial charge in [-0.25, -0.2) is 4.98 Å². The van der Waals surface area contributed by atoms with Crippen LogP contribution in [-0.4, -0.2) is 27.5 Å².